The molecule has 0 saturated carbocycles. The van der Waals surface area contributed by atoms with E-state index in [0.717, 1.165) is 33.4 Å². The summed E-state index contributed by atoms with van der Waals surface area (Å²) in [6.45, 7) is 0. The third kappa shape index (κ3) is 3.86. The molecule has 192 valence electrons. The molecular weight excluding hydrogens is 496 g/mol. The van der Waals surface area contributed by atoms with E-state index in [9.17, 15) is 0 Å². The Bertz CT molecular complexity index is 2110. The van der Waals surface area contributed by atoms with Gasteiger partial charge in [-0.2, -0.15) is 0 Å². The molecule has 1 aromatic heterocycles. The lowest BCUT2D eigenvalue weighted by atomic mass is 9.86. The van der Waals surface area contributed by atoms with Crippen molar-refractivity contribution in [3.63, 3.8) is 0 Å². The number of hydrogen-bond acceptors (Lipinski definition) is 1. The van der Waals surface area contributed by atoms with Gasteiger partial charge in [0.25, 0.3) is 0 Å². The maximum atomic E-state index is 6.49. The number of furan rings is 1. The fraction of sp³-hybridized carbons (Fsp3) is 0. The van der Waals surface area contributed by atoms with Crippen LogP contribution in [0.2, 0.25) is 0 Å². The van der Waals surface area contributed by atoms with Gasteiger partial charge in [-0.25, -0.2) is 0 Å². The van der Waals surface area contributed by atoms with Gasteiger partial charge >= 0.3 is 0 Å². The molecule has 7 aromatic carbocycles. The Morgan fingerprint density at radius 1 is 0.268 bits per heavy atom. The zero-order chi connectivity index (χ0) is 27.2. The lowest BCUT2D eigenvalue weighted by Gasteiger charge is -2.17. The Morgan fingerprint density at radius 2 is 0.634 bits per heavy atom. The highest BCUT2D eigenvalue weighted by Crippen LogP contribution is 2.45. The van der Waals surface area contributed by atoms with Crippen LogP contribution in [0, 0.1) is 0 Å². The summed E-state index contributed by atoms with van der Waals surface area (Å²) >= 11 is 0. The second-order valence-electron chi connectivity index (χ2n) is 10.5. The minimum absolute atomic E-state index is 0.901. The molecule has 0 aliphatic carbocycles. The smallest absolute Gasteiger partial charge is 0.143 e. The minimum Gasteiger partial charge on any atom is -0.455 e. The monoisotopic (exact) mass is 522 g/mol. The molecule has 0 aliphatic heterocycles. The zero-order valence-electron chi connectivity index (χ0n) is 22.4. The molecule has 0 unspecified atom stereocenters. The Labute approximate surface area is 238 Å². The summed E-state index contributed by atoms with van der Waals surface area (Å²) in [5.74, 6) is 0.901. The summed E-state index contributed by atoms with van der Waals surface area (Å²) in [4.78, 5) is 0. The lowest BCUT2D eigenvalue weighted by Crippen LogP contribution is -1.90. The molecule has 8 rings (SSSR count). The molecule has 1 heterocycles. The summed E-state index contributed by atoms with van der Waals surface area (Å²) in [5, 5.41) is 6.17. The van der Waals surface area contributed by atoms with Gasteiger partial charge < -0.3 is 4.42 Å². The van der Waals surface area contributed by atoms with Crippen molar-refractivity contribution in [2.24, 2.45) is 0 Å². The minimum atomic E-state index is 0.901. The van der Waals surface area contributed by atoms with E-state index in [4.69, 9.17) is 4.42 Å². The molecule has 0 atom stereocenters. The fourth-order valence-corrected chi connectivity index (χ4v) is 6.28. The average molecular weight is 523 g/mol. The molecule has 0 bridgehead atoms. The van der Waals surface area contributed by atoms with Crippen molar-refractivity contribution in [3.05, 3.63) is 158 Å². The van der Waals surface area contributed by atoms with Crippen molar-refractivity contribution in [1.29, 1.82) is 0 Å². The fourth-order valence-electron chi connectivity index (χ4n) is 6.28. The van der Waals surface area contributed by atoms with E-state index in [-0.39, 0.29) is 0 Å². The van der Waals surface area contributed by atoms with Crippen molar-refractivity contribution < 1.29 is 4.42 Å². The van der Waals surface area contributed by atoms with Crippen molar-refractivity contribution in [3.8, 4) is 44.7 Å². The summed E-state index contributed by atoms with van der Waals surface area (Å²) in [7, 11) is 0. The Morgan fingerprint density at radius 3 is 1.15 bits per heavy atom. The van der Waals surface area contributed by atoms with Crippen LogP contribution in [-0.4, -0.2) is 0 Å². The molecule has 0 aliphatic rings. The van der Waals surface area contributed by atoms with Crippen LogP contribution in [0.25, 0.3) is 77.2 Å². The van der Waals surface area contributed by atoms with E-state index in [0.29, 0.717) is 0 Å². The van der Waals surface area contributed by atoms with Gasteiger partial charge in [0.15, 0.2) is 0 Å². The maximum Gasteiger partial charge on any atom is 0.143 e. The lowest BCUT2D eigenvalue weighted by molar-refractivity contribution is 0.632. The summed E-state index contributed by atoms with van der Waals surface area (Å²) < 4.78 is 6.49. The number of fused-ring (bicyclic) bond motifs is 3. The van der Waals surface area contributed by atoms with Crippen LogP contribution in [0.4, 0.5) is 0 Å². The van der Waals surface area contributed by atoms with Gasteiger partial charge in [0.1, 0.15) is 11.3 Å². The summed E-state index contributed by atoms with van der Waals surface area (Å²) in [6, 6.07) is 56.0. The summed E-state index contributed by atoms with van der Waals surface area (Å²) in [5.41, 5.74) is 9.24. The van der Waals surface area contributed by atoms with E-state index >= 15 is 0 Å². The van der Waals surface area contributed by atoms with Crippen LogP contribution in [0.3, 0.4) is 0 Å². The van der Waals surface area contributed by atoms with Crippen LogP contribution in [0.5, 0.6) is 0 Å². The van der Waals surface area contributed by atoms with E-state index in [1.807, 2.05) is 12.1 Å². The average Bonchev–Trinajstić information content (AvgIpc) is 3.44. The second-order valence-corrected chi connectivity index (χ2v) is 10.5. The van der Waals surface area contributed by atoms with Crippen LogP contribution in [-0.2, 0) is 0 Å². The van der Waals surface area contributed by atoms with Gasteiger partial charge in [-0.1, -0.05) is 152 Å². The Hall–Kier alpha value is -5.40. The number of para-hydroxylation sites is 1. The van der Waals surface area contributed by atoms with Gasteiger partial charge in [0.05, 0.1) is 0 Å². The van der Waals surface area contributed by atoms with Crippen LogP contribution in [0.1, 0.15) is 0 Å². The van der Waals surface area contributed by atoms with Gasteiger partial charge in [-0.05, 0) is 55.4 Å². The van der Waals surface area contributed by atoms with Gasteiger partial charge in [-0.3, -0.25) is 0 Å². The number of benzene rings is 7. The highest BCUT2D eigenvalue weighted by molar-refractivity contribution is 6.21. The highest BCUT2D eigenvalue weighted by Gasteiger charge is 2.19. The maximum absolute atomic E-state index is 6.49. The molecule has 0 spiro atoms. The molecule has 0 amide bonds. The molecule has 1 nitrogen and oxygen atoms in total. The van der Waals surface area contributed by atoms with Crippen molar-refractivity contribution in [1.82, 2.24) is 0 Å². The molecule has 0 saturated heterocycles. The van der Waals surface area contributed by atoms with E-state index in [1.165, 1.54) is 43.8 Å². The first-order valence-corrected chi connectivity index (χ1v) is 14.0. The van der Waals surface area contributed by atoms with Gasteiger partial charge in [0, 0.05) is 16.5 Å². The van der Waals surface area contributed by atoms with Crippen molar-refractivity contribution in [2.75, 3.05) is 0 Å². The summed E-state index contributed by atoms with van der Waals surface area (Å²) in [6.07, 6.45) is 0. The van der Waals surface area contributed by atoms with Gasteiger partial charge in [-0.15, -0.1) is 0 Å². The van der Waals surface area contributed by atoms with Crippen molar-refractivity contribution in [2.45, 2.75) is 0 Å². The van der Waals surface area contributed by atoms with E-state index < -0.39 is 0 Å². The molecule has 1 heteroatoms. The first-order valence-electron chi connectivity index (χ1n) is 14.0. The van der Waals surface area contributed by atoms with E-state index in [2.05, 4.69) is 146 Å². The normalized spacial score (nSPS) is 11.4. The van der Waals surface area contributed by atoms with Crippen LogP contribution in [0.15, 0.2) is 162 Å². The van der Waals surface area contributed by atoms with E-state index in [1.54, 1.807) is 0 Å². The quantitative estimate of drug-likeness (QED) is 0.210. The van der Waals surface area contributed by atoms with Crippen molar-refractivity contribution >= 4 is 32.5 Å². The van der Waals surface area contributed by atoms with Crippen LogP contribution >= 0.6 is 0 Å². The molecular formula is C40H26O. The number of hydrogen-bond donors (Lipinski definition) is 0. The number of rotatable bonds is 4. The Balaban J connectivity index is 1.34. The topological polar surface area (TPSA) is 13.1 Å². The third-order valence-electron chi connectivity index (χ3n) is 8.09. The second kappa shape index (κ2) is 9.66. The molecule has 8 aromatic rings. The Kier molecular flexibility index (Phi) is 5.53. The first kappa shape index (κ1) is 23.5. The van der Waals surface area contributed by atoms with Crippen LogP contribution < -0.4 is 0 Å². The highest BCUT2D eigenvalue weighted by atomic mass is 16.3. The molecule has 0 fully saturated rings. The third-order valence-corrected chi connectivity index (χ3v) is 8.09. The molecule has 0 radical (unpaired) electrons. The predicted molar refractivity (Wildman–Crippen MR) is 173 cm³/mol. The zero-order valence-corrected chi connectivity index (χ0v) is 22.4. The largest absolute Gasteiger partial charge is 0.455 e. The standard InChI is InChI=1S/C40H26O/c1-3-13-27(14-4-1)37-31-17-7-9-19-33(31)38(34-20-10-8-18-32(34)37)29-23-25-30(26-24-29)40-39(28-15-5-2-6-16-28)35-21-11-12-22-36(35)41-40/h1-26H. The molecule has 41 heavy (non-hydrogen) atoms. The molecule has 0 N–H and O–H groups in total. The first-order chi connectivity index (χ1) is 20.4. The SMILES string of the molecule is c1ccc(-c2c(-c3ccc(-c4c5ccccc5c(-c5ccccc5)c5ccccc45)cc3)oc3ccccc23)cc1. The predicted octanol–water partition coefficient (Wildman–Crippen LogP) is 11.4. The van der Waals surface area contributed by atoms with Gasteiger partial charge in [0.2, 0.25) is 0 Å².